The normalized spacial score (nSPS) is 11.1. The Morgan fingerprint density at radius 2 is 1.85 bits per heavy atom. The molecule has 2 aromatic rings. The topological polar surface area (TPSA) is 102 Å². The van der Waals surface area contributed by atoms with Gasteiger partial charge >= 0.3 is 0 Å². The number of pyridine rings is 1. The molecular formula is C11H8BrN3O4S. The van der Waals surface area contributed by atoms with Crippen molar-refractivity contribution in [1.82, 2.24) is 4.98 Å². The second-order valence-electron chi connectivity index (χ2n) is 3.68. The number of benzene rings is 1. The molecule has 20 heavy (non-hydrogen) atoms. The quantitative estimate of drug-likeness (QED) is 0.514. The van der Waals surface area contributed by atoms with Gasteiger partial charge in [0.15, 0.2) is 4.90 Å². The lowest BCUT2D eigenvalue weighted by atomic mass is 10.3. The molecule has 0 bridgehead atoms. The molecule has 0 unspecified atom stereocenters. The Morgan fingerprint density at radius 3 is 2.50 bits per heavy atom. The molecule has 1 heterocycles. The van der Waals surface area contributed by atoms with Gasteiger partial charge in [-0.1, -0.05) is 18.2 Å². The molecule has 0 atom stereocenters. The smallest absolute Gasteiger partial charge is 0.263 e. The number of para-hydroxylation sites is 1. The number of nitro benzene ring substituents is 1. The minimum atomic E-state index is -4.08. The second kappa shape index (κ2) is 5.55. The first kappa shape index (κ1) is 14.4. The third kappa shape index (κ3) is 3.11. The van der Waals surface area contributed by atoms with Gasteiger partial charge in [0.2, 0.25) is 0 Å². The zero-order valence-electron chi connectivity index (χ0n) is 9.86. The van der Waals surface area contributed by atoms with E-state index in [0.29, 0.717) is 4.60 Å². The number of halogens is 1. The number of anilines is 1. The van der Waals surface area contributed by atoms with Gasteiger partial charge in [-0.15, -0.1) is 0 Å². The van der Waals surface area contributed by atoms with Crippen molar-refractivity contribution in [2.24, 2.45) is 0 Å². The monoisotopic (exact) mass is 357 g/mol. The molecule has 0 spiro atoms. The van der Waals surface area contributed by atoms with E-state index < -0.39 is 25.5 Å². The van der Waals surface area contributed by atoms with Crippen LogP contribution in [0.5, 0.6) is 0 Å². The average Bonchev–Trinajstić information content (AvgIpc) is 2.38. The Labute approximate surface area is 123 Å². The number of nitrogens with one attached hydrogen (secondary N) is 1. The van der Waals surface area contributed by atoms with Gasteiger partial charge in [0.25, 0.3) is 15.7 Å². The average molecular weight is 358 g/mol. The van der Waals surface area contributed by atoms with E-state index in [1.54, 1.807) is 12.1 Å². The number of aromatic nitrogens is 1. The van der Waals surface area contributed by atoms with Crippen molar-refractivity contribution in [3.8, 4) is 0 Å². The maximum absolute atomic E-state index is 12.2. The highest BCUT2D eigenvalue weighted by molar-refractivity contribution is 9.10. The van der Waals surface area contributed by atoms with Gasteiger partial charge < -0.3 is 0 Å². The van der Waals surface area contributed by atoms with Crippen LogP contribution in [-0.2, 0) is 10.0 Å². The summed E-state index contributed by atoms with van der Waals surface area (Å²) in [4.78, 5) is 13.6. The van der Waals surface area contributed by atoms with E-state index in [0.717, 1.165) is 6.07 Å². The number of hydrogen-bond donors (Lipinski definition) is 1. The molecule has 0 saturated carbocycles. The van der Waals surface area contributed by atoms with Gasteiger partial charge in [-0.05, 0) is 34.1 Å². The maximum atomic E-state index is 12.2. The fraction of sp³-hybridized carbons (Fsp3) is 0. The molecule has 0 radical (unpaired) electrons. The number of hydrogen-bond acceptors (Lipinski definition) is 5. The molecule has 0 amide bonds. The van der Waals surface area contributed by atoms with Gasteiger partial charge in [-0.25, -0.2) is 13.4 Å². The van der Waals surface area contributed by atoms with Crippen molar-refractivity contribution >= 4 is 37.5 Å². The Morgan fingerprint density at radius 1 is 1.15 bits per heavy atom. The van der Waals surface area contributed by atoms with Crippen LogP contribution in [0.3, 0.4) is 0 Å². The van der Waals surface area contributed by atoms with Gasteiger partial charge in [0.1, 0.15) is 10.4 Å². The molecule has 0 aliphatic rings. The molecule has 1 N–H and O–H groups in total. The Kier molecular flexibility index (Phi) is 4.00. The Bertz CT molecular complexity index is 764. The molecule has 0 fully saturated rings. The SMILES string of the molecule is O=[N+]([O-])c1ccccc1S(=O)(=O)Nc1cccc(Br)n1. The second-order valence-corrected chi connectivity index (χ2v) is 6.14. The van der Waals surface area contributed by atoms with E-state index in [1.165, 1.54) is 24.3 Å². The lowest BCUT2D eigenvalue weighted by Crippen LogP contribution is -2.15. The summed E-state index contributed by atoms with van der Waals surface area (Å²) in [6, 6.07) is 9.76. The summed E-state index contributed by atoms with van der Waals surface area (Å²) in [7, 11) is -4.08. The third-order valence-corrected chi connectivity index (χ3v) is 4.15. The van der Waals surface area contributed by atoms with Crippen molar-refractivity contribution in [2.45, 2.75) is 4.90 Å². The van der Waals surface area contributed by atoms with E-state index >= 15 is 0 Å². The van der Waals surface area contributed by atoms with Gasteiger partial charge in [-0.2, -0.15) is 0 Å². The van der Waals surface area contributed by atoms with Crippen molar-refractivity contribution in [3.63, 3.8) is 0 Å². The van der Waals surface area contributed by atoms with Crippen molar-refractivity contribution in [1.29, 1.82) is 0 Å². The zero-order chi connectivity index (χ0) is 14.8. The van der Waals surface area contributed by atoms with Gasteiger partial charge in [-0.3, -0.25) is 14.8 Å². The van der Waals surface area contributed by atoms with E-state index in [-0.39, 0.29) is 5.82 Å². The number of nitro groups is 1. The predicted molar refractivity (Wildman–Crippen MR) is 75.8 cm³/mol. The van der Waals surface area contributed by atoms with Crippen molar-refractivity contribution in [2.75, 3.05) is 4.72 Å². The Hall–Kier alpha value is -2.00. The van der Waals surface area contributed by atoms with Crippen LogP contribution in [0.15, 0.2) is 52.0 Å². The number of nitrogens with zero attached hydrogens (tertiary/aromatic N) is 2. The molecule has 9 heteroatoms. The summed E-state index contributed by atoms with van der Waals surface area (Å²) < 4.78 is 27.0. The molecular weight excluding hydrogens is 350 g/mol. The number of rotatable bonds is 4. The largest absolute Gasteiger partial charge is 0.289 e. The van der Waals surface area contributed by atoms with Crippen LogP contribution in [-0.4, -0.2) is 18.3 Å². The first-order valence-corrected chi connectivity index (χ1v) is 7.56. The molecule has 0 saturated heterocycles. The summed E-state index contributed by atoms with van der Waals surface area (Å²) in [6.07, 6.45) is 0. The molecule has 1 aromatic heterocycles. The van der Waals surface area contributed by atoms with Crippen molar-refractivity contribution < 1.29 is 13.3 Å². The summed E-state index contributed by atoms with van der Waals surface area (Å²) in [6.45, 7) is 0. The van der Waals surface area contributed by atoms with Crippen LogP contribution < -0.4 is 4.72 Å². The van der Waals surface area contributed by atoms with E-state index in [4.69, 9.17) is 0 Å². The lowest BCUT2D eigenvalue weighted by molar-refractivity contribution is -0.387. The van der Waals surface area contributed by atoms with E-state index in [9.17, 15) is 18.5 Å². The maximum Gasteiger partial charge on any atom is 0.289 e. The fourth-order valence-electron chi connectivity index (χ4n) is 1.49. The minimum absolute atomic E-state index is 0.0672. The highest BCUT2D eigenvalue weighted by atomic mass is 79.9. The fourth-order valence-corrected chi connectivity index (χ4v) is 3.01. The molecule has 2 rings (SSSR count). The Balaban J connectivity index is 2.44. The van der Waals surface area contributed by atoms with Crippen LogP contribution in [0.25, 0.3) is 0 Å². The first-order valence-electron chi connectivity index (χ1n) is 5.29. The van der Waals surface area contributed by atoms with Crippen LogP contribution >= 0.6 is 15.9 Å². The standard InChI is InChI=1S/C11H8BrN3O4S/c12-10-6-3-7-11(13-10)14-20(18,19)9-5-2-1-4-8(9)15(16)17/h1-7H,(H,13,14). The van der Waals surface area contributed by atoms with Crippen LogP contribution in [0.2, 0.25) is 0 Å². The van der Waals surface area contributed by atoms with Gasteiger partial charge in [0.05, 0.1) is 4.92 Å². The predicted octanol–water partition coefficient (Wildman–Crippen LogP) is 2.55. The summed E-state index contributed by atoms with van der Waals surface area (Å²) in [5.74, 6) is 0.0672. The summed E-state index contributed by atoms with van der Waals surface area (Å²) in [5, 5.41) is 10.9. The highest BCUT2D eigenvalue weighted by Gasteiger charge is 2.25. The first-order chi connectivity index (χ1) is 9.40. The van der Waals surface area contributed by atoms with Crippen LogP contribution in [0, 0.1) is 10.1 Å². The van der Waals surface area contributed by atoms with Crippen molar-refractivity contribution in [3.05, 3.63) is 57.2 Å². The molecule has 1 aromatic carbocycles. The number of sulfonamides is 1. The molecule has 104 valence electrons. The van der Waals surface area contributed by atoms with E-state index in [2.05, 4.69) is 25.6 Å². The van der Waals surface area contributed by atoms with Crippen LogP contribution in [0.1, 0.15) is 0 Å². The van der Waals surface area contributed by atoms with Gasteiger partial charge in [0, 0.05) is 6.07 Å². The summed E-state index contributed by atoms with van der Waals surface area (Å²) >= 11 is 3.11. The molecule has 0 aliphatic heterocycles. The van der Waals surface area contributed by atoms with Crippen LogP contribution in [0.4, 0.5) is 11.5 Å². The third-order valence-electron chi connectivity index (χ3n) is 2.31. The summed E-state index contributed by atoms with van der Waals surface area (Å²) in [5.41, 5.74) is -0.491. The van der Waals surface area contributed by atoms with E-state index in [1.807, 2.05) is 0 Å². The zero-order valence-corrected chi connectivity index (χ0v) is 12.3. The highest BCUT2D eigenvalue weighted by Crippen LogP contribution is 2.25. The minimum Gasteiger partial charge on any atom is -0.263 e. The lowest BCUT2D eigenvalue weighted by Gasteiger charge is -2.07. The molecule has 7 nitrogen and oxygen atoms in total. The molecule has 0 aliphatic carbocycles.